The van der Waals surface area contributed by atoms with Crippen molar-refractivity contribution in [2.45, 2.75) is 6.36 Å². The van der Waals surface area contributed by atoms with Gasteiger partial charge in [-0.2, -0.15) is 5.10 Å². The minimum absolute atomic E-state index is 0.00371. The Bertz CT molecular complexity index is 859. The zero-order valence-electron chi connectivity index (χ0n) is 14.7. The van der Waals surface area contributed by atoms with Crippen LogP contribution in [-0.2, 0) is 9.59 Å². The molecule has 0 aliphatic rings. The molecule has 2 aromatic carbocycles. The van der Waals surface area contributed by atoms with Gasteiger partial charge in [0.15, 0.2) is 0 Å². The van der Waals surface area contributed by atoms with Gasteiger partial charge in [0.1, 0.15) is 5.75 Å². The second-order valence-corrected chi connectivity index (χ2v) is 6.88. The van der Waals surface area contributed by atoms with Gasteiger partial charge in [-0.15, -0.1) is 24.9 Å². The summed E-state index contributed by atoms with van der Waals surface area (Å²) in [5.41, 5.74) is 3.40. The number of hydrogen-bond acceptors (Lipinski definition) is 5. The van der Waals surface area contributed by atoms with Crippen molar-refractivity contribution in [3.05, 3.63) is 59.1 Å². The van der Waals surface area contributed by atoms with Gasteiger partial charge in [0.2, 0.25) is 11.8 Å². The normalized spacial score (nSPS) is 11.3. The minimum Gasteiger partial charge on any atom is -0.406 e. The molecule has 2 amide bonds. The van der Waals surface area contributed by atoms with E-state index in [2.05, 4.69) is 20.6 Å². The van der Waals surface area contributed by atoms with E-state index >= 15 is 0 Å². The zero-order valence-corrected chi connectivity index (χ0v) is 16.3. The molecule has 154 valence electrons. The molecule has 2 aromatic rings. The molecule has 11 heteroatoms. The standard InChI is InChI=1S/C18H15ClF3N3O3S/c19-13-3-1-12(2-4-13)9-23-25-17(27)11-29-10-16(26)24-14-5-7-15(8-6-14)28-18(20,21)22/h1-9H,10-11H2,(H,24,26)(H,25,27)/b23-9+. The fraction of sp³-hybridized carbons (Fsp3) is 0.167. The van der Waals surface area contributed by atoms with Gasteiger partial charge in [-0.25, -0.2) is 5.43 Å². The van der Waals surface area contributed by atoms with Crippen LogP contribution in [0.3, 0.4) is 0 Å². The molecule has 0 aliphatic heterocycles. The van der Waals surface area contributed by atoms with Crippen LogP contribution in [0.15, 0.2) is 53.6 Å². The molecule has 29 heavy (non-hydrogen) atoms. The second kappa shape index (κ2) is 10.7. The summed E-state index contributed by atoms with van der Waals surface area (Å²) in [6.45, 7) is 0. The third-order valence-corrected chi connectivity index (χ3v) is 4.30. The first-order valence-electron chi connectivity index (χ1n) is 8.02. The number of amides is 2. The summed E-state index contributed by atoms with van der Waals surface area (Å²) in [7, 11) is 0. The molecule has 0 radical (unpaired) electrons. The first-order chi connectivity index (χ1) is 13.7. The fourth-order valence-electron chi connectivity index (χ4n) is 1.93. The Morgan fingerprint density at radius 1 is 1.03 bits per heavy atom. The van der Waals surface area contributed by atoms with Crippen LogP contribution in [-0.4, -0.2) is 35.9 Å². The van der Waals surface area contributed by atoms with Crippen molar-refractivity contribution in [1.29, 1.82) is 0 Å². The first kappa shape index (κ1) is 22.6. The van der Waals surface area contributed by atoms with Crippen molar-refractivity contribution in [2.24, 2.45) is 5.10 Å². The van der Waals surface area contributed by atoms with Crippen molar-refractivity contribution < 1.29 is 27.5 Å². The Hall–Kier alpha value is -2.72. The summed E-state index contributed by atoms with van der Waals surface area (Å²) in [6, 6.07) is 11.6. The van der Waals surface area contributed by atoms with Crippen molar-refractivity contribution in [2.75, 3.05) is 16.8 Å². The van der Waals surface area contributed by atoms with Crippen molar-refractivity contribution >= 4 is 47.1 Å². The number of rotatable bonds is 8. The summed E-state index contributed by atoms with van der Waals surface area (Å²) in [5, 5.41) is 6.89. The number of halogens is 4. The number of carbonyl (C=O) groups is 2. The number of alkyl halides is 3. The van der Waals surface area contributed by atoms with Crippen LogP contribution < -0.4 is 15.5 Å². The van der Waals surface area contributed by atoms with Gasteiger partial charge in [0.05, 0.1) is 17.7 Å². The van der Waals surface area contributed by atoms with E-state index in [1.807, 2.05) is 0 Å². The van der Waals surface area contributed by atoms with Gasteiger partial charge < -0.3 is 10.1 Å². The monoisotopic (exact) mass is 445 g/mol. The maximum absolute atomic E-state index is 12.1. The third-order valence-electron chi connectivity index (χ3n) is 3.11. The molecule has 0 heterocycles. The zero-order chi connectivity index (χ0) is 21.3. The molecule has 0 bridgehead atoms. The third kappa shape index (κ3) is 9.35. The van der Waals surface area contributed by atoms with Crippen LogP contribution in [0, 0.1) is 0 Å². The maximum Gasteiger partial charge on any atom is 0.573 e. The lowest BCUT2D eigenvalue weighted by atomic mass is 10.2. The summed E-state index contributed by atoms with van der Waals surface area (Å²) in [5.74, 6) is -1.20. The van der Waals surface area contributed by atoms with Gasteiger partial charge in [-0.1, -0.05) is 23.7 Å². The minimum atomic E-state index is -4.78. The lowest BCUT2D eigenvalue weighted by Crippen LogP contribution is -2.21. The lowest BCUT2D eigenvalue weighted by Gasteiger charge is -2.09. The Kier molecular flexibility index (Phi) is 8.34. The number of ether oxygens (including phenoxy) is 1. The number of thioether (sulfide) groups is 1. The smallest absolute Gasteiger partial charge is 0.406 e. The van der Waals surface area contributed by atoms with Gasteiger partial charge in [0, 0.05) is 10.7 Å². The van der Waals surface area contributed by atoms with Gasteiger partial charge in [0.25, 0.3) is 0 Å². The molecule has 0 atom stereocenters. The molecule has 2 N–H and O–H groups in total. The number of nitrogens with zero attached hydrogens (tertiary/aromatic N) is 1. The SMILES string of the molecule is O=C(CSCC(=O)Nc1ccc(OC(F)(F)F)cc1)N/N=C/c1ccc(Cl)cc1. The van der Waals surface area contributed by atoms with E-state index in [-0.39, 0.29) is 23.2 Å². The van der Waals surface area contributed by atoms with Crippen molar-refractivity contribution in [3.8, 4) is 5.75 Å². The average molecular weight is 446 g/mol. The highest BCUT2D eigenvalue weighted by Crippen LogP contribution is 2.24. The molecule has 0 saturated carbocycles. The maximum atomic E-state index is 12.1. The molecule has 2 rings (SSSR count). The van der Waals surface area contributed by atoms with Crippen molar-refractivity contribution in [3.63, 3.8) is 0 Å². The quantitative estimate of drug-likeness (QED) is 0.474. The van der Waals surface area contributed by atoms with E-state index in [0.29, 0.717) is 10.7 Å². The van der Waals surface area contributed by atoms with Crippen LogP contribution in [0.5, 0.6) is 5.75 Å². The molecule has 0 unspecified atom stereocenters. The Labute approximate surface area is 173 Å². The highest BCUT2D eigenvalue weighted by Gasteiger charge is 2.30. The summed E-state index contributed by atoms with van der Waals surface area (Å²) in [6.07, 6.45) is -3.32. The van der Waals surface area contributed by atoms with Crippen LogP contribution in [0.4, 0.5) is 18.9 Å². The Balaban J connectivity index is 1.67. The summed E-state index contributed by atoms with van der Waals surface area (Å²) >= 11 is 6.82. The van der Waals surface area contributed by atoms with E-state index in [4.69, 9.17) is 11.6 Å². The largest absolute Gasteiger partial charge is 0.573 e. The molecular formula is C18H15ClF3N3O3S. The van der Waals surface area contributed by atoms with Crippen LogP contribution in [0.1, 0.15) is 5.56 Å². The van der Waals surface area contributed by atoms with Gasteiger partial charge in [-0.3, -0.25) is 9.59 Å². The number of nitrogens with one attached hydrogen (secondary N) is 2. The summed E-state index contributed by atoms with van der Waals surface area (Å²) in [4.78, 5) is 23.5. The lowest BCUT2D eigenvalue weighted by molar-refractivity contribution is -0.274. The van der Waals surface area contributed by atoms with Gasteiger partial charge >= 0.3 is 6.36 Å². The highest BCUT2D eigenvalue weighted by atomic mass is 35.5. The number of hydrazone groups is 1. The second-order valence-electron chi connectivity index (χ2n) is 5.46. The van der Waals surface area contributed by atoms with Crippen molar-refractivity contribution in [1.82, 2.24) is 5.43 Å². The Morgan fingerprint density at radius 2 is 1.66 bits per heavy atom. The van der Waals surface area contributed by atoms with E-state index < -0.39 is 12.3 Å². The fourth-order valence-corrected chi connectivity index (χ4v) is 2.67. The van der Waals surface area contributed by atoms with E-state index in [1.54, 1.807) is 24.3 Å². The van der Waals surface area contributed by atoms with Crippen LogP contribution >= 0.6 is 23.4 Å². The molecule has 0 fully saturated rings. The molecule has 0 aromatic heterocycles. The predicted octanol–water partition coefficient (Wildman–Crippen LogP) is 4.06. The molecule has 0 saturated heterocycles. The molecule has 6 nitrogen and oxygen atoms in total. The first-order valence-corrected chi connectivity index (χ1v) is 9.55. The van der Waals surface area contributed by atoms with Crippen LogP contribution in [0.25, 0.3) is 0 Å². The molecule has 0 aliphatic carbocycles. The predicted molar refractivity (Wildman–Crippen MR) is 106 cm³/mol. The topological polar surface area (TPSA) is 79.8 Å². The number of hydrogen-bond donors (Lipinski definition) is 2. The molecule has 0 spiro atoms. The molecular weight excluding hydrogens is 431 g/mol. The van der Waals surface area contributed by atoms with E-state index in [1.165, 1.54) is 18.3 Å². The number of benzene rings is 2. The summed E-state index contributed by atoms with van der Waals surface area (Å²) < 4.78 is 40.0. The van der Waals surface area contributed by atoms with E-state index in [0.717, 1.165) is 29.5 Å². The Morgan fingerprint density at radius 3 is 2.28 bits per heavy atom. The number of carbonyl (C=O) groups excluding carboxylic acids is 2. The van der Waals surface area contributed by atoms with Gasteiger partial charge in [-0.05, 0) is 42.0 Å². The highest BCUT2D eigenvalue weighted by molar-refractivity contribution is 8.00. The van der Waals surface area contributed by atoms with E-state index in [9.17, 15) is 22.8 Å². The van der Waals surface area contributed by atoms with Crippen LogP contribution in [0.2, 0.25) is 5.02 Å². The average Bonchev–Trinajstić information content (AvgIpc) is 2.64. The number of anilines is 1.